The van der Waals surface area contributed by atoms with Gasteiger partial charge in [0.15, 0.2) is 9.87 Å². The van der Waals surface area contributed by atoms with Crippen LogP contribution in [0.3, 0.4) is 0 Å². The SMILES string of the molecule is COCC(C)C1(O)SC2(OC(=O)CC(=O)O2)SC1(O)C(C)COC. The minimum absolute atomic E-state index is 0.143. The van der Waals surface area contributed by atoms with Crippen LogP contribution in [0.2, 0.25) is 0 Å². The molecule has 0 amide bonds. The van der Waals surface area contributed by atoms with E-state index >= 15 is 0 Å². The summed E-state index contributed by atoms with van der Waals surface area (Å²) in [4.78, 5) is 19.8. The van der Waals surface area contributed by atoms with Crippen molar-refractivity contribution in [3.05, 3.63) is 0 Å². The number of aliphatic hydroxyl groups is 2. The van der Waals surface area contributed by atoms with Gasteiger partial charge in [0.2, 0.25) is 0 Å². The second-order valence-corrected chi connectivity index (χ2v) is 8.92. The van der Waals surface area contributed by atoms with E-state index in [-0.39, 0.29) is 13.2 Å². The van der Waals surface area contributed by atoms with E-state index in [1.165, 1.54) is 14.2 Å². The highest BCUT2D eigenvalue weighted by Gasteiger charge is 2.73. The number of methoxy groups -OCH3 is 2. The Hall–Kier alpha value is -0.520. The maximum absolute atomic E-state index is 11.7. The van der Waals surface area contributed by atoms with Gasteiger partial charge in [0.25, 0.3) is 0 Å². The summed E-state index contributed by atoms with van der Waals surface area (Å²) in [7, 11) is 2.95. The van der Waals surface area contributed by atoms with Crippen LogP contribution in [-0.4, -0.2) is 63.9 Å². The molecule has 4 atom stereocenters. The Kier molecular flexibility index (Phi) is 5.78. The summed E-state index contributed by atoms with van der Waals surface area (Å²) in [6.45, 7) is 3.66. The number of ether oxygens (including phenoxy) is 4. The molecule has 0 radical (unpaired) electrons. The number of hydrogen-bond acceptors (Lipinski definition) is 10. The average Bonchev–Trinajstić information content (AvgIpc) is 2.67. The van der Waals surface area contributed by atoms with Crippen LogP contribution in [0.5, 0.6) is 0 Å². The molecule has 2 rings (SSSR count). The molecule has 8 nitrogen and oxygen atoms in total. The molecule has 2 fully saturated rings. The molecule has 24 heavy (non-hydrogen) atoms. The van der Waals surface area contributed by atoms with Gasteiger partial charge in [-0.3, -0.25) is 9.59 Å². The lowest BCUT2D eigenvalue weighted by Gasteiger charge is -2.42. The van der Waals surface area contributed by atoms with Gasteiger partial charge < -0.3 is 29.2 Å². The van der Waals surface area contributed by atoms with Crippen LogP contribution in [0.1, 0.15) is 20.3 Å². The third-order valence-electron chi connectivity index (χ3n) is 4.01. The van der Waals surface area contributed by atoms with Gasteiger partial charge in [-0.2, -0.15) is 0 Å². The van der Waals surface area contributed by atoms with Crippen molar-refractivity contribution in [1.82, 2.24) is 0 Å². The van der Waals surface area contributed by atoms with Crippen LogP contribution in [0.15, 0.2) is 0 Å². The van der Waals surface area contributed by atoms with Crippen molar-refractivity contribution in [3.63, 3.8) is 0 Å². The van der Waals surface area contributed by atoms with E-state index in [0.29, 0.717) is 23.5 Å². The average molecular weight is 382 g/mol. The number of hydrogen-bond donors (Lipinski definition) is 2. The van der Waals surface area contributed by atoms with Crippen LogP contribution in [-0.2, 0) is 28.5 Å². The standard InChI is InChI=1S/C14H22O8S2/c1-8(6-19-3)12(17)13(18,9(2)7-20-4)24-14(23-12)21-10(15)5-11(16)22-14/h8-9,17-18H,5-7H2,1-4H3. The van der Waals surface area contributed by atoms with Gasteiger partial charge in [0.05, 0.1) is 13.2 Å². The highest BCUT2D eigenvalue weighted by Crippen LogP contribution is 2.68. The monoisotopic (exact) mass is 382 g/mol. The Balaban J connectivity index is 2.42. The lowest BCUT2D eigenvalue weighted by Crippen LogP contribution is -2.56. The lowest BCUT2D eigenvalue weighted by atomic mass is 9.91. The fourth-order valence-electron chi connectivity index (χ4n) is 2.75. The quantitative estimate of drug-likeness (QED) is 0.498. The predicted octanol–water partition coefficient (Wildman–Crippen LogP) is 0.510. The van der Waals surface area contributed by atoms with Crippen LogP contribution >= 0.6 is 23.5 Å². The van der Waals surface area contributed by atoms with E-state index in [4.69, 9.17) is 18.9 Å². The third-order valence-corrected chi connectivity index (χ3v) is 7.52. The number of rotatable bonds is 6. The molecule has 138 valence electrons. The summed E-state index contributed by atoms with van der Waals surface area (Å²) in [5, 5.41) is 22.5. The van der Waals surface area contributed by atoms with E-state index < -0.39 is 44.5 Å². The molecule has 0 aliphatic carbocycles. The fraction of sp³-hybridized carbons (Fsp3) is 0.857. The Bertz CT molecular complexity index is 471. The molecule has 2 aliphatic rings. The molecule has 2 saturated heterocycles. The maximum Gasteiger partial charge on any atom is 0.364 e. The highest BCUT2D eigenvalue weighted by atomic mass is 32.2. The highest BCUT2D eigenvalue weighted by molar-refractivity contribution is 8.22. The van der Waals surface area contributed by atoms with E-state index in [9.17, 15) is 19.8 Å². The molecule has 1 spiro atoms. The largest absolute Gasteiger partial charge is 0.403 e. The summed E-state index contributed by atoms with van der Waals surface area (Å²) in [6, 6.07) is 0. The van der Waals surface area contributed by atoms with E-state index in [2.05, 4.69) is 0 Å². The number of thioether (sulfide) groups is 2. The molecule has 0 saturated carbocycles. The Morgan fingerprint density at radius 3 is 1.71 bits per heavy atom. The van der Waals surface area contributed by atoms with Gasteiger partial charge in [-0.05, 0) is 23.5 Å². The molecule has 2 aliphatic heterocycles. The van der Waals surface area contributed by atoms with Gasteiger partial charge in [-0.1, -0.05) is 13.8 Å². The van der Waals surface area contributed by atoms with Gasteiger partial charge in [0, 0.05) is 26.1 Å². The van der Waals surface area contributed by atoms with Crippen molar-refractivity contribution >= 4 is 35.5 Å². The van der Waals surface area contributed by atoms with Crippen LogP contribution in [0.25, 0.3) is 0 Å². The van der Waals surface area contributed by atoms with E-state index in [1.807, 2.05) is 0 Å². The maximum atomic E-state index is 11.7. The minimum atomic E-state index is -1.83. The first-order chi connectivity index (χ1) is 11.1. The molecular weight excluding hydrogens is 360 g/mol. The number of carbonyl (C=O) groups is 2. The molecule has 0 bridgehead atoms. The molecule has 0 aromatic carbocycles. The number of carbonyl (C=O) groups excluding carboxylic acids is 2. The predicted molar refractivity (Wildman–Crippen MR) is 86.7 cm³/mol. The molecule has 2 heterocycles. The molecule has 2 N–H and O–H groups in total. The molecule has 0 aromatic rings. The van der Waals surface area contributed by atoms with Crippen molar-refractivity contribution in [2.24, 2.45) is 11.8 Å². The topological polar surface area (TPSA) is 112 Å². The fourth-order valence-corrected chi connectivity index (χ4v) is 6.47. The summed E-state index contributed by atoms with van der Waals surface area (Å²) < 4.78 is 18.7. The summed E-state index contributed by atoms with van der Waals surface area (Å²) in [6.07, 6.45) is -0.499. The van der Waals surface area contributed by atoms with Gasteiger partial charge in [-0.25, -0.2) is 0 Å². The summed E-state index contributed by atoms with van der Waals surface area (Å²) in [5.74, 6) is -2.64. The minimum Gasteiger partial charge on any atom is -0.403 e. The van der Waals surface area contributed by atoms with E-state index in [1.54, 1.807) is 13.8 Å². The normalized spacial score (nSPS) is 34.8. The first kappa shape index (κ1) is 19.8. The molecule has 4 unspecified atom stereocenters. The summed E-state index contributed by atoms with van der Waals surface area (Å²) in [5.41, 5.74) is 0. The third kappa shape index (κ3) is 3.27. The smallest absolute Gasteiger partial charge is 0.364 e. The molecule has 0 aromatic heterocycles. The first-order valence-corrected chi connectivity index (χ1v) is 9.02. The second-order valence-electron chi connectivity index (χ2n) is 5.93. The Morgan fingerprint density at radius 1 is 1.00 bits per heavy atom. The van der Waals surface area contributed by atoms with Crippen LogP contribution in [0, 0.1) is 11.8 Å². The Labute approximate surface area is 148 Å². The zero-order valence-corrected chi connectivity index (χ0v) is 15.6. The van der Waals surface area contributed by atoms with Crippen LogP contribution in [0.4, 0.5) is 0 Å². The first-order valence-electron chi connectivity index (χ1n) is 7.39. The number of esters is 2. The van der Waals surface area contributed by atoms with Crippen molar-refractivity contribution in [3.8, 4) is 0 Å². The summed E-state index contributed by atoms with van der Waals surface area (Å²) >= 11 is 1.40. The Morgan fingerprint density at radius 2 is 1.38 bits per heavy atom. The lowest BCUT2D eigenvalue weighted by molar-refractivity contribution is -0.193. The van der Waals surface area contributed by atoms with E-state index in [0.717, 1.165) is 0 Å². The van der Waals surface area contributed by atoms with Crippen molar-refractivity contribution in [2.45, 2.75) is 34.6 Å². The zero-order chi connectivity index (χ0) is 18.2. The van der Waals surface area contributed by atoms with Crippen LogP contribution < -0.4 is 0 Å². The van der Waals surface area contributed by atoms with Crippen molar-refractivity contribution < 1.29 is 38.7 Å². The van der Waals surface area contributed by atoms with Gasteiger partial charge in [-0.15, -0.1) is 0 Å². The van der Waals surface area contributed by atoms with Gasteiger partial charge in [0.1, 0.15) is 6.42 Å². The second kappa shape index (κ2) is 7.00. The molecule has 10 heteroatoms. The van der Waals surface area contributed by atoms with Gasteiger partial charge >= 0.3 is 16.4 Å². The zero-order valence-electron chi connectivity index (χ0n) is 13.9. The van der Waals surface area contributed by atoms with Crippen molar-refractivity contribution in [1.29, 1.82) is 0 Å². The molecular formula is C14H22O8S2. The van der Waals surface area contributed by atoms with Crippen molar-refractivity contribution in [2.75, 3.05) is 27.4 Å².